The minimum atomic E-state index is -0.0588. The molecule has 6 rings (SSSR count). The number of nitrogens with one attached hydrogen (secondary N) is 2. The third-order valence-electron chi connectivity index (χ3n) is 7.47. The van der Waals surface area contributed by atoms with Crippen molar-refractivity contribution < 1.29 is 4.79 Å². The quantitative estimate of drug-likeness (QED) is 0.321. The standard InChI is InChI=1S/C29H33N9O.ClH/c1-3-26(39)37-14-13-24(20-37)38-27-25(33-29(38)32-21-7-5-4-6-8-21)19-30-28(34-27)31-22-9-11-23(12-10-22)36-17-15-35(2)16-18-36;/h3-12,19,24H,1,13-18,20H2,2H3,(H,32,33)(H,30,31,34);1H. The highest BCUT2D eigenvalue weighted by atomic mass is 35.5. The van der Waals surface area contributed by atoms with Gasteiger partial charge in [-0.1, -0.05) is 24.8 Å². The number of anilines is 5. The average Bonchev–Trinajstić information content (AvgIpc) is 3.58. The number of para-hydroxylation sites is 1. The van der Waals surface area contributed by atoms with Crippen LogP contribution in [0.25, 0.3) is 11.2 Å². The number of halogens is 1. The van der Waals surface area contributed by atoms with E-state index in [9.17, 15) is 4.79 Å². The van der Waals surface area contributed by atoms with Crippen LogP contribution in [-0.4, -0.2) is 81.5 Å². The first-order valence-corrected chi connectivity index (χ1v) is 13.4. The van der Waals surface area contributed by atoms with Crippen LogP contribution < -0.4 is 15.5 Å². The van der Waals surface area contributed by atoms with E-state index in [1.807, 2.05) is 35.2 Å². The van der Waals surface area contributed by atoms with Crippen LogP contribution in [0.15, 0.2) is 73.4 Å². The van der Waals surface area contributed by atoms with Crippen LogP contribution in [0.2, 0.25) is 0 Å². The summed E-state index contributed by atoms with van der Waals surface area (Å²) in [5.74, 6) is 1.12. The predicted octanol–water partition coefficient (Wildman–Crippen LogP) is 4.45. The molecule has 2 saturated heterocycles. The van der Waals surface area contributed by atoms with E-state index in [4.69, 9.17) is 9.97 Å². The maximum Gasteiger partial charge on any atom is 0.246 e. The van der Waals surface area contributed by atoms with Crippen molar-refractivity contribution in [2.45, 2.75) is 12.5 Å². The van der Waals surface area contributed by atoms with Crippen molar-refractivity contribution in [3.05, 3.63) is 73.4 Å². The predicted molar refractivity (Wildman–Crippen MR) is 162 cm³/mol. The van der Waals surface area contributed by atoms with Crippen LogP contribution in [0.4, 0.5) is 29.0 Å². The highest BCUT2D eigenvalue weighted by molar-refractivity contribution is 5.87. The number of rotatable bonds is 7. The number of hydrogen-bond donors (Lipinski definition) is 2. The Balaban J connectivity index is 0.00000323. The van der Waals surface area contributed by atoms with Gasteiger partial charge in [0.1, 0.15) is 5.52 Å². The van der Waals surface area contributed by atoms with E-state index < -0.39 is 0 Å². The molecule has 4 heterocycles. The SMILES string of the molecule is C=CC(=O)N1CCC(n2c(Nc3ccccc3)nc3cnc(Nc4ccc(N5CCN(C)CC5)cc4)nc32)C1.Cl. The Morgan fingerprint density at radius 2 is 1.68 bits per heavy atom. The van der Waals surface area contributed by atoms with E-state index in [1.165, 1.54) is 11.8 Å². The zero-order valence-corrected chi connectivity index (χ0v) is 23.3. The van der Waals surface area contributed by atoms with Crippen LogP contribution in [-0.2, 0) is 4.79 Å². The van der Waals surface area contributed by atoms with E-state index in [2.05, 4.69) is 67.9 Å². The van der Waals surface area contributed by atoms with Crippen molar-refractivity contribution >= 4 is 58.4 Å². The number of likely N-dealkylation sites (N-methyl/N-ethyl adjacent to an activating group) is 1. The molecule has 2 fully saturated rings. The van der Waals surface area contributed by atoms with Crippen LogP contribution in [0.5, 0.6) is 0 Å². The van der Waals surface area contributed by atoms with Gasteiger partial charge in [-0.05, 0) is 55.9 Å². The molecule has 1 atom stereocenters. The Morgan fingerprint density at radius 1 is 0.950 bits per heavy atom. The fraction of sp³-hybridized carbons (Fsp3) is 0.310. The number of nitrogens with zero attached hydrogens (tertiary/aromatic N) is 7. The third-order valence-corrected chi connectivity index (χ3v) is 7.47. The molecule has 2 aromatic carbocycles. The normalized spacial score (nSPS) is 17.5. The van der Waals surface area contributed by atoms with Gasteiger partial charge in [0.25, 0.3) is 0 Å². The first-order chi connectivity index (χ1) is 19.1. The molecule has 0 radical (unpaired) electrons. The van der Waals surface area contributed by atoms with E-state index >= 15 is 0 Å². The molecule has 0 spiro atoms. The van der Waals surface area contributed by atoms with Crippen molar-refractivity contribution in [2.24, 2.45) is 0 Å². The maximum atomic E-state index is 12.3. The highest BCUT2D eigenvalue weighted by Gasteiger charge is 2.30. The van der Waals surface area contributed by atoms with Gasteiger partial charge in [0.05, 0.1) is 12.2 Å². The Kier molecular flexibility index (Phi) is 8.18. The molecular formula is C29H34ClN9O. The zero-order chi connectivity index (χ0) is 26.8. The summed E-state index contributed by atoms with van der Waals surface area (Å²) in [5.41, 5.74) is 4.48. The first kappa shape index (κ1) is 27.4. The lowest BCUT2D eigenvalue weighted by atomic mass is 10.2. The Morgan fingerprint density at radius 3 is 2.40 bits per heavy atom. The largest absolute Gasteiger partial charge is 0.369 e. The number of carbonyl (C=O) groups excluding carboxylic acids is 1. The Labute approximate surface area is 240 Å². The molecule has 0 aliphatic carbocycles. The fourth-order valence-corrected chi connectivity index (χ4v) is 5.27. The molecule has 11 heteroatoms. The fourth-order valence-electron chi connectivity index (χ4n) is 5.27. The minimum Gasteiger partial charge on any atom is -0.369 e. The summed E-state index contributed by atoms with van der Waals surface area (Å²) in [4.78, 5) is 33.1. The molecule has 0 saturated carbocycles. The molecule has 1 amide bonds. The number of likely N-dealkylation sites (tertiary alicyclic amines) is 1. The lowest BCUT2D eigenvalue weighted by Gasteiger charge is -2.34. The number of amides is 1. The second-order valence-corrected chi connectivity index (χ2v) is 10.1. The van der Waals surface area contributed by atoms with E-state index in [-0.39, 0.29) is 24.4 Å². The molecule has 0 bridgehead atoms. The molecule has 1 unspecified atom stereocenters. The highest BCUT2D eigenvalue weighted by Crippen LogP contribution is 2.32. The number of hydrogen-bond acceptors (Lipinski definition) is 8. The summed E-state index contributed by atoms with van der Waals surface area (Å²) in [7, 11) is 2.16. The summed E-state index contributed by atoms with van der Waals surface area (Å²) in [6.45, 7) is 9.09. The number of fused-ring (bicyclic) bond motifs is 1. The molecule has 40 heavy (non-hydrogen) atoms. The number of carbonyl (C=O) groups is 1. The van der Waals surface area contributed by atoms with Gasteiger partial charge in [0, 0.05) is 56.3 Å². The zero-order valence-electron chi connectivity index (χ0n) is 22.5. The second-order valence-electron chi connectivity index (χ2n) is 10.1. The van der Waals surface area contributed by atoms with Gasteiger partial charge in [0.15, 0.2) is 5.65 Å². The minimum absolute atomic E-state index is 0. The van der Waals surface area contributed by atoms with Gasteiger partial charge in [0.2, 0.25) is 17.8 Å². The number of aromatic nitrogens is 4. The molecule has 4 aromatic rings. The van der Waals surface area contributed by atoms with Gasteiger partial charge in [-0.25, -0.2) is 9.97 Å². The van der Waals surface area contributed by atoms with Crippen LogP contribution in [0.1, 0.15) is 12.5 Å². The molecule has 2 N–H and O–H groups in total. The van der Waals surface area contributed by atoms with Crippen LogP contribution >= 0.6 is 12.4 Å². The van der Waals surface area contributed by atoms with E-state index in [0.717, 1.165) is 49.6 Å². The van der Waals surface area contributed by atoms with Gasteiger partial charge in [-0.3, -0.25) is 9.36 Å². The summed E-state index contributed by atoms with van der Waals surface area (Å²) in [6, 6.07) is 18.4. The lowest BCUT2D eigenvalue weighted by Crippen LogP contribution is -2.44. The van der Waals surface area contributed by atoms with Gasteiger partial charge in [-0.2, -0.15) is 4.98 Å². The first-order valence-electron chi connectivity index (χ1n) is 13.4. The van der Waals surface area contributed by atoms with Crippen molar-refractivity contribution in [1.29, 1.82) is 0 Å². The monoisotopic (exact) mass is 559 g/mol. The summed E-state index contributed by atoms with van der Waals surface area (Å²) >= 11 is 0. The summed E-state index contributed by atoms with van der Waals surface area (Å²) in [5, 5.41) is 6.80. The number of piperazine rings is 1. The smallest absolute Gasteiger partial charge is 0.246 e. The van der Waals surface area contributed by atoms with Crippen molar-refractivity contribution in [1.82, 2.24) is 29.3 Å². The second kappa shape index (κ2) is 11.9. The molecule has 2 aromatic heterocycles. The van der Waals surface area contributed by atoms with E-state index in [1.54, 1.807) is 6.20 Å². The Hall–Kier alpha value is -4.15. The third kappa shape index (κ3) is 5.73. The molecular weight excluding hydrogens is 526 g/mol. The van der Waals surface area contributed by atoms with Crippen LogP contribution in [0.3, 0.4) is 0 Å². The van der Waals surface area contributed by atoms with E-state index in [0.29, 0.717) is 30.5 Å². The molecule has 2 aliphatic heterocycles. The van der Waals surface area contributed by atoms with Crippen molar-refractivity contribution in [3.8, 4) is 0 Å². The van der Waals surface area contributed by atoms with Gasteiger partial charge >= 0.3 is 0 Å². The molecule has 2 aliphatic rings. The Bertz CT molecular complexity index is 1470. The lowest BCUT2D eigenvalue weighted by molar-refractivity contribution is -0.125. The van der Waals surface area contributed by atoms with Crippen molar-refractivity contribution in [3.63, 3.8) is 0 Å². The topological polar surface area (TPSA) is 94.4 Å². The number of imidazole rings is 1. The molecule has 208 valence electrons. The molecule has 10 nitrogen and oxygen atoms in total. The van der Waals surface area contributed by atoms with Crippen LogP contribution in [0, 0.1) is 0 Å². The maximum absolute atomic E-state index is 12.3. The van der Waals surface area contributed by atoms with Crippen molar-refractivity contribution in [2.75, 3.05) is 61.8 Å². The van der Waals surface area contributed by atoms with Gasteiger partial charge < -0.3 is 25.3 Å². The average molecular weight is 560 g/mol. The summed E-state index contributed by atoms with van der Waals surface area (Å²) in [6.07, 6.45) is 3.92. The summed E-state index contributed by atoms with van der Waals surface area (Å²) < 4.78 is 2.10. The number of benzene rings is 2. The van der Waals surface area contributed by atoms with Gasteiger partial charge in [-0.15, -0.1) is 12.4 Å².